The highest BCUT2D eigenvalue weighted by Crippen LogP contribution is 2.48. The lowest BCUT2D eigenvalue weighted by Gasteiger charge is -2.54. The molecular formula is C10H13F3N4. The zero-order valence-electron chi connectivity index (χ0n) is 9.17. The topological polar surface area (TPSA) is 42.7 Å². The van der Waals surface area contributed by atoms with Gasteiger partial charge >= 0.3 is 6.18 Å². The lowest BCUT2D eigenvalue weighted by Crippen LogP contribution is -2.60. The predicted molar refractivity (Wildman–Crippen MR) is 53.1 cm³/mol. The van der Waals surface area contributed by atoms with Crippen molar-refractivity contribution in [3.63, 3.8) is 0 Å². The van der Waals surface area contributed by atoms with Crippen molar-refractivity contribution >= 4 is 0 Å². The van der Waals surface area contributed by atoms with Crippen LogP contribution in [0.25, 0.3) is 0 Å². The maximum atomic E-state index is 12.3. The summed E-state index contributed by atoms with van der Waals surface area (Å²) in [5.41, 5.74) is -0.471. The Bertz CT molecular complexity index is 413. The van der Waals surface area contributed by atoms with Crippen molar-refractivity contribution in [3.05, 3.63) is 11.9 Å². The first kappa shape index (κ1) is 11.0. The third-order valence-corrected chi connectivity index (χ3v) is 3.69. The molecule has 3 rings (SSSR count). The van der Waals surface area contributed by atoms with E-state index in [4.69, 9.17) is 0 Å². The molecule has 0 unspecified atom stereocenters. The summed E-state index contributed by atoms with van der Waals surface area (Å²) in [5, 5.41) is 10.4. The molecule has 1 aromatic rings. The third kappa shape index (κ3) is 1.92. The van der Waals surface area contributed by atoms with Gasteiger partial charge in [0, 0.05) is 13.1 Å². The highest BCUT2D eigenvalue weighted by molar-refractivity contribution is 5.02. The van der Waals surface area contributed by atoms with Crippen LogP contribution in [0.5, 0.6) is 0 Å². The molecule has 7 heteroatoms. The zero-order valence-corrected chi connectivity index (χ0v) is 9.17. The van der Waals surface area contributed by atoms with Gasteiger partial charge < -0.3 is 5.32 Å². The van der Waals surface area contributed by atoms with Crippen molar-refractivity contribution in [3.8, 4) is 0 Å². The Labute approximate surface area is 96.2 Å². The first-order valence-electron chi connectivity index (χ1n) is 5.65. The standard InChI is InChI=1S/C10H13F3N4/c11-10(12,13)8-3-15-17(16-8)4-7-1-9(2-7)5-14-6-9/h3,7,14H,1-2,4-6H2. The molecule has 1 N–H and O–H groups in total. The molecule has 1 aromatic heterocycles. The van der Waals surface area contributed by atoms with Crippen LogP contribution < -0.4 is 5.32 Å². The normalized spacial score (nSPS) is 23.5. The number of hydrogen-bond donors (Lipinski definition) is 1. The highest BCUT2D eigenvalue weighted by atomic mass is 19.4. The number of aromatic nitrogens is 3. The fourth-order valence-electron chi connectivity index (χ4n) is 2.81. The summed E-state index contributed by atoms with van der Waals surface area (Å²) < 4.78 is 36.9. The van der Waals surface area contributed by atoms with E-state index in [-0.39, 0.29) is 0 Å². The molecule has 1 aliphatic carbocycles. The van der Waals surface area contributed by atoms with E-state index in [1.54, 1.807) is 0 Å². The van der Waals surface area contributed by atoms with Gasteiger partial charge in [0.1, 0.15) is 0 Å². The Morgan fingerprint density at radius 1 is 1.41 bits per heavy atom. The molecule has 0 aromatic carbocycles. The highest BCUT2D eigenvalue weighted by Gasteiger charge is 2.48. The summed E-state index contributed by atoms with van der Waals surface area (Å²) in [5.74, 6) is 0.422. The molecule has 2 heterocycles. The Hall–Kier alpha value is -1.11. The SMILES string of the molecule is FC(F)(F)c1cnn(CC2CC3(CNC3)C2)n1. The molecule has 17 heavy (non-hydrogen) atoms. The van der Waals surface area contributed by atoms with E-state index in [0.29, 0.717) is 17.9 Å². The average molecular weight is 246 g/mol. The molecule has 2 fully saturated rings. The van der Waals surface area contributed by atoms with Crippen LogP contribution in [-0.2, 0) is 12.7 Å². The van der Waals surface area contributed by atoms with Crippen LogP contribution >= 0.6 is 0 Å². The molecule has 2 aliphatic rings. The second-order valence-corrected chi connectivity index (χ2v) is 5.16. The van der Waals surface area contributed by atoms with Gasteiger partial charge in [0.25, 0.3) is 0 Å². The Kier molecular flexibility index (Phi) is 2.23. The monoisotopic (exact) mass is 246 g/mol. The van der Waals surface area contributed by atoms with Gasteiger partial charge in [0.05, 0.1) is 12.7 Å². The smallest absolute Gasteiger partial charge is 0.316 e. The maximum absolute atomic E-state index is 12.3. The van der Waals surface area contributed by atoms with Crippen LogP contribution in [0.2, 0.25) is 0 Å². The van der Waals surface area contributed by atoms with Crippen molar-refractivity contribution in [1.82, 2.24) is 20.3 Å². The Morgan fingerprint density at radius 3 is 2.59 bits per heavy atom. The number of nitrogens with zero attached hydrogens (tertiary/aromatic N) is 3. The number of nitrogens with one attached hydrogen (secondary N) is 1. The van der Waals surface area contributed by atoms with Gasteiger partial charge in [0.2, 0.25) is 0 Å². The van der Waals surface area contributed by atoms with Crippen LogP contribution in [0.15, 0.2) is 6.20 Å². The second kappa shape index (κ2) is 3.44. The minimum Gasteiger partial charge on any atom is -0.316 e. The van der Waals surface area contributed by atoms with Crippen molar-refractivity contribution in [2.75, 3.05) is 13.1 Å². The molecule has 0 atom stereocenters. The summed E-state index contributed by atoms with van der Waals surface area (Å²) in [7, 11) is 0. The van der Waals surface area contributed by atoms with E-state index in [9.17, 15) is 13.2 Å². The molecule has 0 amide bonds. The lowest BCUT2D eigenvalue weighted by atomic mass is 9.58. The molecule has 1 saturated heterocycles. The molecular weight excluding hydrogens is 233 g/mol. The van der Waals surface area contributed by atoms with Crippen LogP contribution in [-0.4, -0.2) is 28.1 Å². The first-order chi connectivity index (χ1) is 7.97. The minimum absolute atomic E-state index is 0.422. The summed E-state index contributed by atoms with van der Waals surface area (Å²) in [6.45, 7) is 2.59. The summed E-state index contributed by atoms with van der Waals surface area (Å²) in [4.78, 5) is 1.17. The number of halogens is 3. The quantitative estimate of drug-likeness (QED) is 0.855. The van der Waals surface area contributed by atoms with Gasteiger partial charge in [-0.2, -0.15) is 23.1 Å². The molecule has 0 bridgehead atoms. The first-order valence-corrected chi connectivity index (χ1v) is 5.65. The molecule has 1 saturated carbocycles. The largest absolute Gasteiger partial charge is 0.436 e. The van der Waals surface area contributed by atoms with Gasteiger partial charge in [-0.25, -0.2) is 0 Å². The van der Waals surface area contributed by atoms with Gasteiger partial charge in [-0.3, -0.25) is 0 Å². The van der Waals surface area contributed by atoms with E-state index in [0.717, 1.165) is 32.1 Å². The van der Waals surface area contributed by atoms with E-state index in [1.807, 2.05) is 0 Å². The minimum atomic E-state index is -4.39. The van der Waals surface area contributed by atoms with Crippen LogP contribution in [0.3, 0.4) is 0 Å². The van der Waals surface area contributed by atoms with Crippen LogP contribution in [0.4, 0.5) is 13.2 Å². The fourth-order valence-corrected chi connectivity index (χ4v) is 2.81. The predicted octanol–water partition coefficient (Wildman–Crippen LogP) is 1.30. The van der Waals surface area contributed by atoms with Crippen LogP contribution in [0.1, 0.15) is 18.5 Å². The van der Waals surface area contributed by atoms with Gasteiger partial charge in [-0.05, 0) is 24.2 Å². The van der Waals surface area contributed by atoms with Gasteiger partial charge in [-0.15, -0.1) is 5.10 Å². The molecule has 1 spiro atoms. The Balaban J connectivity index is 1.57. The maximum Gasteiger partial charge on any atom is 0.436 e. The molecule has 4 nitrogen and oxygen atoms in total. The van der Waals surface area contributed by atoms with Crippen molar-refractivity contribution in [2.45, 2.75) is 25.6 Å². The molecule has 1 aliphatic heterocycles. The third-order valence-electron chi connectivity index (χ3n) is 3.69. The van der Waals surface area contributed by atoms with Crippen molar-refractivity contribution < 1.29 is 13.2 Å². The summed E-state index contributed by atoms with van der Waals surface area (Å²) in [6.07, 6.45) is -1.46. The van der Waals surface area contributed by atoms with E-state index in [1.165, 1.54) is 4.80 Å². The van der Waals surface area contributed by atoms with Crippen molar-refractivity contribution in [2.24, 2.45) is 11.3 Å². The van der Waals surface area contributed by atoms with Gasteiger partial charge in [0.15, 0.2) is 5.69 Å². The summed E-state index contributed by atoms with van der Waals surface area (Å²) >= 11 is 0. The summed E-state index contributed by atoms with van der Waals surface area (Å²) in [6, 6.07) is 0. The molecule has 0 radical (unpaired) electrons. The van der Waals surface area contributed by atoms with E-state index in [2.05, 4.69) is 15.5 Å². The Morgan fingerprint density at radius 2 is 2.12 bits per heavy atom. The zero-order chi connectivity index (χ0) is 12.1. The van der Waals surface area contributed by atoms with Crippen LogP contribution in [0, 0.1) is 11.3 Å². The lowest BCUT2D eigenvalue weighted by molar-refractivity contribution is -0.141. The second-order valence-electron chi connectivity index (χ2n) is 5.16. The fraction of sp³-hybridized carbons (Fsp3) is 0.800. The number of alkyl halides is 3. The number of rotatable bonds is 2. The van der Waals surface area contributed by atoms with Crippen molar-refractivity contribution in [1.29, 1.82) is 0 Å². The number of hydrogen-bond acceptors (Lipinski definition) is 3. The van der Waals surface area contributed by atoms with E-state index >= 15 is 0 Å². The molecule has 94 valence electrons. The van der Waals surface area contributed by atoms with E-state index < -0.39 is 11.9 Å². The van der Waals surface area contributed by atoms with Gasteiger partial charge in [-0.1, -0.05) is 0 Å². The average Bonchev–Trinajstić information content (AvgIpc) is 2.54.